The Labute approximate surface area is 452 Å². The summed E-state index contributed by atoms with van der Waals surface area (Å²) in [5.74, 6) is 0. The first-order chi connectivity index (χ1) is 34.2. The Hall–Kier alpha value is -4.84. The smallest absolute Gasteiger partial charge is 0.254 e. The Morgan fingerprint density at radius 2 is 0.959 bits per heavy atom. The molecule has 384 valence electrons. The van der Waals surface area contributed by atoms with Crippen LogP contribution >= 0.6 is 11.3 Å². The van der Waals surface area contributed by atoms with Crippen molar-refractivity contribution in [3.8, 4) is 11.1 Å². The standard InChI is InChI=1S/C69H85BN2SSi/c1-63(2,3)43-23-29-55(48(35-43)42-21-26-47(27-22-42)74(18,19)20)72-56-30-24-44(64(4,5)6)36-54(56)70-60-49-40-52-53(69(16,17)34-33-68(52,14)15)41-59(49)73-62(60)71(57-37-45(65(7,8)9)38-58(72)61(57)70)46-25-28-50-51(39-46)67(12,13)32-31-66(50,10)11/h21-30,35-41H,31-34H2,1-20H3. The van der Waals surface area contributed by atoms with E-state index in [1.165, 1.54) is 141 Å². The van der Waals surface area contributed by atoms with Crippen LogP contribution in [0.3, 0.4) is 0 Å². The lowest BCUT2D eigenvalue weighted by molar-refractivity contribution is 0.332. The van der Waals surface area contributed by atoms with Crippen molar-refractivity contribution in [2.24, 2.45) is 0 Å². The van der Waals surface area contributed by atoms with Crippen molar-refractivity contribution in [2.75, 3.05) is 9.80 Å². The Morgan fingerprint density at radius 1 is 0.459 bits per heavy atom. The molecule has 0 N–H and O–H groups in total. The van der Waals surface area contributed by atoms with Crippen molar-refractivity contribution in [3.63, 3.8) is 0 Å². The predicted octanol–water partition coefficient (Wildman–Crippen LogP) is 17.8. The number of thiophene rings is 1. The second kappa shape index (κ2) is 16.3. The fraction of sp³-hybridized carbons (Fsp3) is 0.449. The van der Waals surface area contributed by atoms with Crippen LogP contribution in [0.4, 0.5) is 33.4 Å². The van der Waals surface area contributed by atoms with Gasteiger partial charge in [-0.05, 0) is 184 Å². The molecule has 5 heteroatoms. The molecule has 2 aliphatic carbocycles. The molecule has 0 amide bonds. The molecule has 11 rings (SSSR count). The lowest BCUT2D eigenvalue weighted by Gasteiger charge is -2.46. The number of anilines is 6. The molecule has 4 aliphatic rings. The molecule has 0 atom stereocenters. The molecular weight excluding hydrogens is 928 g/mol. The summed E-state index contributed by atoms with van der Waals surface area (Å²) in [5.41, 5.74) is 23.6. The van der Waals surface area contributed by atoms with Crippen LogP contribution in [-0.2, 0) is 37.9 Å². The molecule has 74 heavy (non-hydrogen) atoms. The fourth-order valence-electron chi connectivity index (χ4n) is 13.3. The average Bonchev–Trinajstić information content (AvgIpc) is 3.68. The van der Waals surface area contributed by atoms with Gasteiger partial charge in [-0.25, -0.2) is 0 Å². The van der Waals surface area contributed by atoms with Crippen LogP contribution in [-0.4, -0.2) is 14.8 Å². The summed E-state index contributed by atoms with van der Waals surface area (Å²) < 4.78 is 1.41. The minimum atomic E-state index is -1.53. The highest BCUT2D eigenvalue weighted by Gasteiger charge is 2.48. The SMILES string of the molecule is CC(C)(C)c1ccc2c(c1)B1c3c(cc(C(C)(C)C)cc3N(c3ccc4c(c3)C(C)(C)CCC4(C)C)c3sc4cc5c(cc4c31)C(C)(C)CCC5(C)C)N2c1ccc(C(C)(C)C)cc1-c1ccc([Si](C)(C)C)cc1. The van der Waals surface area contributed by atoms with E-state index in [0.717, 1.165) is 0 Å². The van der Waals surface area contributed by atoms with Gasteiger partial charge in [-0.15, -0.1) is 11.3 Å². The van der Waals surface area contributed by atoms with E-state index in [-0.39, 0.29) is 44.6 Å². The molecule has 0 fully saturated rings. The van der Waals surface area contributed by atoms with Crippen molar-refractivity contribution < 1.29 is 0 Å². The largest absolute Gasteiger partial charge is 0.311 e. The Kier molecular flexibility index (Phi) is 11.3. The van der Waals surface area contributed by atoms with Crippen LogP contribution in [0.25, 0.3) is 21.2 Å². The first-order valence-electron chi connectivity index (χ1n) is 28.1. The molecule has 0 spiro atoms. The maximum absolute atomic E-state index is 2.76. The number of hydrogen-bond donors (Lipinski definition) is 0. The molecule has 2 nitrogen and oxygen atoms in total. The van der Waals surface area contributed by atoms with Crippen LogP contribution < -0.4 is 31.4 Å². The van der Waals surface area contributed by atoms with Gasteiger partial charge >= 0.3 is 0 Å². The van der Waals surface area contributed by atoms with E-state index in [1.54, 1.807) is 0 Å². The van der Waals surface area contributed by atoms with Gasteiger partial charge in [0.25, 0.3) is 6.71 Å². The summed E-state index contributed by atoms with van der Waals surface area (Å²) in [5, 5.41) is 4.29. The molecule has 1 aromatic heterocycles. The van der Waals surface area contributed by atoms with Crippen LogP contribution in [0.2, 0.25) is 19.6 Å². The van der Waals surface area contributed by atoms with Gasteiger partial charge in [0.2, 0.25) is 0 Å². The maximum atomic E-state index is 2.76. The average molecular weight is 1010 g/mol. The minimum Gasteiger partial charge on any atom is -0.311 e. The zero-order chi connectivity index (χ0) is 53.4. The Balaban J connectivity index is 1.30. The lowest BCUT2D eigenvalue weighted by Crippen LogP contribution is -2.61. The van der Waals surface area contributed by atoms with Gasteiger partial charge in [-0.3, -0.25) is 0 Å². The first kappa shape index (κ1) is 51.3. The third-order valence-electron chi connectivity index (χ3n) is 18.7. The molecule has 0 unspecified atom stereocenters. The van der Waals surface area contributed by atoms with Gasteiger partial charge in [0.05, 0.1) is 18.8 Å². The topological polar surface area (TPSA) is 6.48 Å². The lowest BCUT2D eigenvalue weighted by atomic mass is 9.33. The van der Waals surface area contributed by atoms with Crippen LogP contribution in [0.5, 0.6) is 0 Å². The Bertz CT molecular complexity index is 3440. The normalized spacial score (nSPS) is 18.4. The van der Waals surface area contributed by atoms with Crippen molar-refractivity contribution in [1.29, 1.82) is 0 Å². The van der Waals surface area contributed by atoms with Crippen LogP contribution in [0.1, 0.15) is 182 Å². The molecule has 6 aromatic carbocycles. The summed E-state index contributed by atoms with van der Waals surface area (Å²) in [6.07, 6.45) is 4.76. The Morgan fingerprint density at radius 3 is 1.51 bits per heavy atom. The highest BCUT2D eigenvalue weighted by molar-refractivity contribution is 7.26. The number of rotatable bonds is 4. The molecule has 2 aliphatic heterocycles. The maximum Gasteiger partial charge on any atom is 0.254 e. The number of benzene rings is 6. The second-order valence-electron chi connectivity index (χ2n) is 30.1. The van der Waals surface area contributed by atoms with Crippen molar-refractivity contribution >= 4 is 91.2 Å². The molecule has 0 saturated carbocycles. The minimum absolute atomic E-state index is 0.0154. The van der Waals surface area contributed by atoms with Gasteiger partial charge in [0, 0.05) is 33.0 Å². The summed E-state index contributed by atoms with van der Waals surface area (Å²) in [7, 11) is -1.53. The van der Waals surface area contributed by atoms with E-state index in [0.29, 0.717) is 0 Å². The van der Waals surface area contributed by atoms with Crippen LogP contribution in [0, 0.1) is 0 Å². The van der Waals surface area contributed by atoms with Crippen molar-refractivity contribution in [2.45, 2.75) is 201 Å². The first-order valence-corrected chi connectivity index (χ1v) is 32.4. The molecule has 0 saturated heterocycles. The molecule has 3 heterocycles. The quantitative estimate of drug-likeness (QED) is 0.162. The highest BCUT2D eigenvalue weighted by atomic mass is 32.1. The molecule has 0 bridgehead atoms. The number of hydrogen-bond acceptors (Lipinski definition) is 3. The van der Waals surface area contributed by atoms with E-state index in [2.05, 4.69) is 250 Å². The molecular formula is C69H85BN2SSi. The fourth-order valence-corrected chi connectivity index (χ4v) is 15.8. The van der Waals surface area contributed by atoms with E-state index < -0.39 is 8.07 Å². The summed E-state index contributed by atoms with van der Waals surface area (Å²) in [4.78, 5) is 5.47. The number of nitrogens with zero attached hydrogens (tertiary/aromatic N) is 2. The highest BCUT2D eigenvalue weighted by Crippen LogP contribution is 2.55. The third kappa shape index (κ3) is 8.13. The van der Waals surface area contributed by atoms with E-state index >= 15 is 0 Å². The zero-order valence-corrected chi connectivity index (χ0v) is 50.8. The summed E-state index contributed by atoms with van der Waals surface area (Å²) >= 11 is 2.04. The monoisotopic (exact) mass is 1010 g/mol. The summed E-state index contributed by atoms with van der Waals surface area (Å²) in [6, 6.07) is 42.9. The third-order valence-corrected chi connectivity index (χ3v) is 21.9. The van der Waals surface area contributed by atoms with E-state index in [1.807, 2.05) is 11.3 Å². The van der Waals surface area contributed by atoms with Crippen molar-refractivity contribution in [3.05, 3.63) is 142 Å². The van der Waals surface area contributed by atoms with Gasteiger partial charge < -0.3 is 9.80 Å². The van der Waals surface area contributed by atoms with Gasteiger partial charge in [-0.1, -0.05) is 191 Å². The van der Waals surface area contributed by atoms with E-state index in [9.17, 15) is 0 Å². The van der Waals surface area contributed by atoms with E-state index in [4.69, 9.17) is 0 Å². The number of fused-ring (bicyclic) bond motifs is 8. The zero-order valence-electron chi connectivity index (χ0n) is 49.0. The van der Waals surface area contributed by atoms with Crippen molar-refractivity contribution in [1.82, 2.24) is 0 Å². The summed E-state index contributed by atoms with van der Waals surface area (Å²) in [6.45, 7) is 48.7. The van der Waals surface area contributed by atoms with Gasteiger partial charge in [-0.2, -0.15) is 0 Å². The molecule has 0 radical (unpaired) electrons. The van der Waals surface area contributed by atoms with Gasteiger partial charge in [0.1, 0.15) is 0 Å². The van der Waals surface area contributed by atoms with Crippen LogP contribution in [0.15, 0.2) is 103 Å². The predicted molar refractivity (Wildman–Crippen MR) is 331 cm³/mol. The second-order valence-corrected chi connectivity index (χ2v) is 36.2. The van der Waals surface area contributed by atoms with Gasteiger partial charge in [0.15, 0.2) is 0 Å². The molecule has 7 aromatic rings.